The van der Waals surface area contributed by atoms with Crippen molar-refractivity contribution in [2.24, 2.45) is 0 Å². The van der Waals surface area contributed by atoms with Gasteiger partial charge in [0.25, 0.3) is 11.6 Å². The molecule has 2 aromatic heterocycles. The van der Waals surface area contributed by atoms with Crippen molar-refractivity contribution in [3.63, 3.8) is 0 Å². The van der Waals surface area contributed by atoms with Crippen molar-refractivity contribution in [2.45, 2.75) is 13.3 Å². The van der Waals surface area contributed by atoms with E-state index in [1.807, 2.05) is 13.0 Å². The molecule has 9 nitrogen and oxygen atoms in total. The van der Waals surface area contributed by atoms with Gasteiger partial charge in [-0.05, 0) is 24.3 Å². The van der Waals surface area contributed by atoms with Crippen LogP contribution in [0.3, 0.4) is 0 Å². The highest BCUT2D eigenvalue weighted by Gasteiger charge is 2.17. The average molecular weight is 429 g/mol. The number of benzene rings is 2. The van der Waals surface area contributed by atoms with Crippen LogP contribution >= 0.6 is 22.9 Å². The number of nitrogens with zero attached hydrogens (tertiary/aromatic N) is 5. The Kier molecular flexibility index (Phi) is 4.95. The number of carbonyl (C=O) groups excluding carboxylic acids is 1. The minimum atomic E-state index is -0.627. The average Bonchev–Trinajstić information content (AvgIpc) is 3.29. The summed E-state index contributed by atoms with van der Waals surface area (Å²) < 4.78 is 1.71. The monoisotopic (exact) mass is 428 g/mol. The van der Waals surface area contributed by atoms with Crippen LogP contribution in [0.25, 0.3) is 15.5 Å². The fraction of sp³-hybridized carbons (Fsp3) is 0.111. The number of nitro groups is 1. The van der Waals surface area contributed by atoms with Gasteiger partial charge < -0.3 is 5.32 Å². The van der Waals surface area contributed by atoms with Crippen LogP contribution in [0.4, 0.5) is 11.4 Å². The lowest BCUT2D eigenvalue weighted by molar-refractivity contribution is -0.384. The highest BCUT2D eigenvalue weighted by atomic mass is 35.5. The van der Waals surface area contributed by atoms with Crippen molar-refractivity contribution in [2.75, 3.05) is 5.32 Å². The van der Waals surface area contributed by atoms with E-state index in [1.54, 1.807) is 22.7 Å². The van der Waals surface area contributed by atoms with Crippen molar-refractivity contribution < 1.29 is 9.72 Å². The number of nitro benzene ring substituents is 1. The van der Waals surface area contributed by atoms with Crippen LogP contribution in [0.15, 0.2) is 42.5 Å². The molecule has 0 aliphatic carbocycles. The number of halogens is 1. The number of hydrogen-bond acceptors (Lipinski definition) is 7. The maximum atomic E-state index is 12.5. The molecule has 0 aliphatic heterocycles. The summed E-state index contributed by atoms with van der Waals surface area (Å²) in [6.07, 6.45) is 0.716. The predicted octanol–water partition coefficient (Wildman–Crippen LogP) is 4.23. The molecule has 0 spiro atoms. The number of carbonyl (C=O) groups is 1. The van der Waals surface area contributed by atoms with Gasteiger partial charge in [-0.3, -0.25) is 14.9 Å². The molecule has 11 heteroatoms. The normalized spacial score (nSPS) is 11.0. The molecule has 4 rings (SSSR count). The maximum Gasteiger partial charge on any atom is 0.288 e. The SMILES string of the molecule is CCc1nnc2sc(-c3cccc(NC(=O)c4ccc(Cl)c([N+](=O)[O-])c4)c3)nn12. The summed E-state index contributed by atoms with van der Waals surface area (Å²) in [5.41, 5.74) is 1.16. The van der Waals surface area contributed by atoms with Crippen LogP contribution in [0.2, 0.25) is 5.02 Å². The van der Waals surface area contributed by atoms with E-state index in [9.17, 15) is 14.9 Å². The Morgan fingerprint density at radius 3 is 2.86 bits per heavy atom. The number of hydrogen-bond donors (Lipinski definition) is 1. The Morgan fingerprint density at radius 1 is 1.28 bits per heavy atom. The van der Waals surface area contributed by atoms with Gasteiger partial charge in [0.05, 0.1) is 4.92 Å². The topological polar surface area (TPSA) is 115 Å². The highest BCUT2D eigenvalue weighted by molar-refractivity contribution is 7.19. The first-order valence-electron chi connectivity index (χ1n) is 8.53. The Balaban J connectivity index is 1.60. The minimum Gasteiger partial charge on any atom is -0.322 e. The van der Waals surface area contributed by atoms with E-state index in [-0.39, 0.29) is 16.3 Å². The van der Waals surface area contributed by atoms with Gasteiger partial charge in [-0.1, -0.05) is 42.0 Å². The summed E-state index contributed by atoms with van der Waals surface area (Å²) in [7, 11) is 0. The zero-order valence-electron chi connectivity index (χ0n) is 15.0. The van der Waals surface area contributed by atoms with E-state index in [2.05, 4.69) is 20.6 Å². The quantitative estimate of drug-likeness (QED) is 0.375. The van der Waals surface area contributed by atoms with Crippen LogP contribution in [-0.2, 0) is 6.42 Å². The number of aromatic nitrogens is 4. The van der Waals surface area contributed by atoms with Gasteiger partial charge in [0, 0.05) is 29.3 Å². The molecule has 0 aliphatic rings. The molecule has 4 aromatic rings. The summed E-state index contributed by atoms with van der Waals surface area (Å²) >= 11 is 7.19. The third-order valence-corrected chi connectivity index (χ3v) is 5.41. The fourth-order valence-corrected chi connectivity index (χ4v) is 3.76. The molecule has 1 amide bonds. The first kappa shape index (κ1) is 19.0. The van der Waals surface area contributed by atoms with Crippen molar-refractivity contribution in [3.05, 3.63) is 69.0 Å². The molecule has 2 heterocycles. The first-order valence-corrected chi connectivity index (χ1v) is 9.72. The number of nitrogens with one attached hydrogen (secondary N) is 1. The van der Waals surface area contributed by atoms with E-state index < -0.39 is 10.8 Å². The minimum absolute atomic E-state index is 0.0248. The van der Waals surface area contributed by atoms with Gasteiger partial charge in [0.1, 0.15) is 10.0 Å². The van der Waals surface area contributed by atoms with Crippen LogP contribution in [0.5, 0.6) is 0 Å². The maximum absolute atomic E-state index is 12.5. The number of anilines is 1. The summed E-state index contributed by atoms with van der Waals surface area (Å²) in [5, 5.41) is 27.2. The smallest absolute Gasteiger partial charge is 0.288 e. The zero-order chi connectivity index (χ0) is 20.5. The van der Waals surface area contributed by atoms with Crippen molar-refractivity contribution >= 4 is 45.2 Å². The molecule has 0 bridgehead atoms. The molecular weight excluding hydrogens is 416 g/mol. The van der Waals surface area contributed by atoms with Crippen LogP contribution in [-0.4, -0.2) is 30.6 Å². The molecule has 1 N–H and O–H groups in total. The molecule has 0 fully saturated rings. The van der Waals surface area contributed by atoms with E-state index in [0.29, 0.717) is 17.1 Å². The summed E-state index contributed by atoms with van der Waals surface area (Å²) in [6, 6.07) is 11.1. The van der Waals surface area contributed by atoms with Gasteiger partial charge in [0.15, 0.2) is 5.82 Å². The Morgan fingerprint density at radius 2 is 2.10 bits per heavy atom. The Labute approximate surface area is 173 Å². The van der Waals surface area contributed by atoms with Crippen molar-refractivity contribution in [1.82, 2.24) is 19.8 Å². The molecule has 29 heavy (non-hydrogen) atoms. The van der Waals surface area contributed by atoms with Gasteiger partial charge in [-0.2, -0.15) is 9.61 Å². The van der Waals surface area contributed by atoms with Gasteiger partial charge in [-0.15, -0.1) is 10.2 Å². The largest absolute Gasteiger partial charge is 0.322 e. The lowest BCUT2D eigenvalue weighted by Crippen LogP contribution is -2.12. The molecule has 0 atom stereocenters. The molecule has 0 radical (unpaired) electrons. The lowest BCUT2D eigenvalue weighted by Gasteiger charge is -2.07. The van der Waals surface area contributed by atoms with E-state index in [0.717, 1.165) is 22.5 Å². The Bertz CT molecular complexity index is 1250. The van der Waals surface area contributed by atoms with Crippen molar-refractivity contribution in [3.8, 4) is 10.6 Å². The first-order chi connectivity index (χ1) is 14.0. The van der Waals surface area contributed by atoms with Crippen LogP contribution in [0, 0.1) is 10.1 Å². The second kappa shape index (κ2) is 7.57. The van der Waals surface area contributed by atoms with Gasteiger partial charge >= 0.3 is 0 Å². The third kappa shape index (κ3) is 3.67. The number of aryl methyl sites for hydroxylation is 1. The number of amides is 1. The summed E-state index contributed by atoms with van der Waals surface area (Å²) in [5.74, 6) is 0.296. The predicted molar refractivity (Wildman–Crippen MR) is 110 cm³/mol. The molecule has 146 valence electrons. The number of rotatable bonds is 5. The molecule has 2 aromatic carbocycles. The Hall–Kier alpha value is -3.37. The van der Waals surface area contributed by atoms with Crippen LogP contribution in [0.1, 0.15) is 23.1 Å². The van der Waals surface area contributed by atoms with E-state index in [4.69, 9.17) is 11.6 Å². The standard InChI is InChI=1S/C18H13ClN6O3S/c1-2-15-21-22-18-24(15)23-17(29-18)11-4-3-5-12(8-11)20-16(26)10-6-7-13(19)14(9-10)25(27)28/h3-9H,2H2,1H3,(H,20,26). The second-order valence-corrected chi connectivity index (χ2v) is 7.39. The van der Waals surface area contributed by atoms with Crippen LogP contribution < -0.4 is 5.32 Å². The molecule has 0 saturated carbocycles. The van der Waals surface area contributed by atoms with Gasteiger partial charge in [0.2, 0.25) is 4.96 Å². The summed E-state index contributed by atoms with van der Waals surface area (Å²) in [6.45, 7) is 1.98. The van der Waals surface area contributed by atoms with Gasteiger partial charge in [-0.25, -0.2) is 0 Å². The molecule has 0 unspecified atom stereocenters. The summed E-state index contributed by atoms with van der Waals surface area (Å²) in [4.78, 5) is 23.6. The van der Waals surface area contributed by atoms with E-state index in [1.165, 1.54) is 23.5 Å². The van der Waals surface area contributed by atoms with E-state index >= 15 is 0 Å². The third-order valence-electron chi connectivity index (χ3n) is 4.14. The molecular formula is C18H13ClN6O3S. The highest BCUT2D eigenvalue weighted by Crippen LogP contribution is 2.28. The fourth-order valence-electron chi connectivity index (χ4n) is 2.72. The lowest BCUT2D eigenvalue weighted by atomic mass is 10.1. The second-order valence-electron chi connectivity index (χ2n) is 6.03. The van der Waals surface area contributed by atoms with Crippen molar-refractivity contribution in [1.29, 1.82) is 0 Å². The zero-order valence-corrected chi connectivity index (χ0v) is 16.6. The number of fused-ring (bicyclic) bond motifs is 1. The molecule has 0 saturated heterocycles.